The first-order valence-corrected chi connectivity index (χ1v) is 11.2. The molecule has 1 atom stereocenters. The fourth-order valence-electron chi connectivity index (χ4n) is 2.90. The molecule has 0 aliphatic carbocycles. The second-order valence-corrected chi connectivity index (χ2v) is 9.05. The van der Waals surface area contributed by atoms with Gasteiger partial charge < -0.3 is 10.6 Å². The van der Waals surface area contributed by atoms with Crippen molar-refractivity contribution in [3.63, 3.8) is 0 Å². The molecule has 0 radical (unpaired) electrons. The molecule has 3 rings (SSSR count). The Labute approximate surface area is 206 Å². The number of anilines is 2. The number of amides is 2. The van der Waals surface area contributed by atoms with Crippen molar-refractivity contribution in [3.8, 4) is 0 Å². The Morgan fingerprint density at radius 2 is 1.74 bits per heavy atom. The fraction of sp³-hybridized carbons (Fsp3) is 0.130. The number of carbonyl (C=O) groups excluding carboxylic acids is 2. The molecule has 0 bridgehead atoms. The number of thioether (sulfide) groups is 1. The minimum absolute atomic E-state index is 0.0330. The maximum atomic E-state index is 13.0. The van der Waals surface area contributed by atoms with Crippen LogP contribution in [0.4, 0.5) is 30.2 Å². The van der Waals surface area contributed by atoms with E-state index in [0.29, 0.717) is 10.6 Å². The Balaban J connectivity index is 1.67. The van der Waals surface area contributed by atoms with Crippen LogP contribution in [0.5, 0.6) is 0 Å². The van der Waals surface area contributed by atoms with Gasteiger partial charge in [0.2, 0.25) is 5.91 Å². The molecule has 2 N–H and O–H groups in total. The molecule has 0 aliphatic rings. The fourth-order valence-corrected chi connectivity index (χ4v) is 3.99. The summed E-state index contributed by atoms with van der Waals surface area (Å²) in [5, 5.41) is 15.2. The molecule has 12 heteroatoms. The zero-order valence-corrected chi connectivity index (χ0v) is 19.5. The third kappa shape index (κ3) is 6.96. The van der Waals surface area contributed by atoms with Crippen molar-refractivity contribution in [2.75, 3.05) is 10.6 Å². The van der Waals surface area contributed by atoms with Crippen molar-refractivity contribution in [2.24, 2.45) is 0 Å². The van der Waals surface area contributed by atoms with E-state index < -0.39 is 33.7 Å². The summed E-state index contributed by atoms with van der Waals surface area (Å²) in [6, 6.07) is 14.4. The third-order valence-corrected chi connectivity index (χ3v) is 6.07. The molecule has 0 fully saturated rings. The number of rotatable bonds is 7. The van der Waals surface area contributed by atoms with Gasteiger partial charge in [-0.15, -0.1) is 11.8 Å². The monoisotopic (exact) mass is 523 g/mol. The Kier molecular flexibility index (Phi) is 8.03. The van der Waals surface area contributed by atoms with Crippen LogP contribution in [0.15, 0.2) is 71.6 Å². The predicted molar refractivity (Wildman–Crippen MR) is 128 cm³/mol. The van der Waals surface area contributed by atoms with Crippen LogP contribution in [-0.2, 0) is 11.0 Å². The molecule has 182 valence electrons. The molecule has 0 saturated heterocycles. The number of halogens is 4. The third-order valence-electron chi connectivity index (χ3n) is 4.64. The van der Waals surface area contributed by atoms with Crippen molar-refractivity contribution < 1.29 is 27.7 Å². The Morgan fingerprint density at radius 3 is 2.43 bits per heavy atom. The van der Waals surface area contributed by atoms with E-state index in [1.807, 2.05) is 0 Å². The zero-order valence-electron chi connectivity index (χ0n) is 17.9. The summed E-state index contributed by atoms with van der Waals surface area (Å²) >= 11 is 7.05. The largest absolute Gasteiger partial charge is 0.416 e. The molecule has 3 aromatic carbocycles. The second kappa shape index (κ2) is 10.8. The predicted octanol–water partition coefficient (Wildman–Crippen LogP) is 6.64. The molecular formula is C23H17ClF3N3O4S. The average Bonchev–Trinajstić information content (AvgIpc) is 2.80. The van der Waals surface area contributed by atoms with Crippen LogP contribution in [0.2, 0.25) is 5.02 Å². The van der Waals surface area contributed by atoms with Gasteiger partial charge in [0.1, 0.15) is 0 Å². The van der Waals surface area contributed by atoms with E-state index in [0.717, 1.165) is 36.0 Å². The van der Waals surface area contributed by atoms with Gasteiger partial charge in [-0.3, -0.25) is 19.7 Å². The molecule has 1 unspecified atom stereocenters. The van der Waals surface area contributed by atoms with Gasteiger partial charge in [-0.05, 0) is 49.4 Å². The summed E-state index contributed by atoms with van der Waals surface area (Å²) in [5.74, 6) is -1.12. The van der Waals surface area contributed by atoms with Crippen LogP contribution < -0.4 is 10.6 Å². The van der Waals surface area contributed by atoms with Crippen LogP contribution >= 0.6 is 23.4 Å². The van der Waals surface area contributed by atoms with Crippen molar-refractivity contribution in [1.82, 2.24) is 0 Å². The van der Waals surface area contributed by atoms with Gasteiger partial charge in [0, 0.05) is 28.3 Å². The molecule has 35 heavy (non-hydrogen) atoms. The van der Waals surface area contributed by atoms with Crippen molar-refractivity contribution in [1.29, 1.82) is 0 Å². The van der Waals surface area contributed by atoms with Gasteiger partial charge in [-0.2, -0.15) is 13.2 Å². The average molecular weight is 524 g/mol. The molecule has 0 aromatic heterocycles. The summed E-state index contributed by atoms with van der Waals surface area (Å²) < 4.78 is 38.9. The van der Waals surface area contributed by atoms with E-state index >= 15 is 0 Å². The number of nitrogens with one attached hydrogen (secondary N) is 2. The zero-order chi connectivity index (χ0) is 25.8. The van der Waals surface area contributed by atoms with Gasteiger partial charge >= 0.3 is 6.18 Å². The van der Waals surface area contributed by atoms with E-state index in [4.69, 9.17) is 11.6 Å². The van der Waals surface area contributed by atoms with Crippen LogP contribution in [-0.4, -0.2) is 22.0 Å². The van der Waals surface area contributed by atoms with Crippen molar-refractivity contribution in [3.05, 3.63) is 93.0 Å². The quantitative estimate of drug-likeness (QED) is 0.205. The van der Waals surface area contributed by atoms with Gasteiger partial charge in [0.25, 0.3) is 11.6 Å². The number of nitro groups is 1. The van der Waals surface area contributed by atoms with Crippen LogP contribution in [0.25, 0.3) is 0 Å². The number of benzene rings is 3. The van der Waals surface area contributed by atoms with Crippen LogP contribution in [0.1, 0.15) is 22.8 Å². The highest BCUT2D eigenvalue weighted by molar-refractivity contribution is 8.00. The minimum atomic E-state index is -4.58. The summed E-state index contributed by atoms with van der Waals surface area (Å²) in [4.78, 5) is 35.9. The Bertz CT molecular complexity index is 1290. The lowest BCUT2D eigenvalue weighted by atomic mass is 10.2. The molecule has 0 spiro atoms. The standard InChI is InChI=1S/C23H17ClF3N3O4S/c1-13(21(31)29-20-11-15(23(25,26)27)8-9-19(20)24)35-18-7-3-5-16(12-18)28-22(32)14-4-2-6-17(10-14)30(33)34/h2-13H,1H3,(H,28,32)(H,29,31). The summed E-state index contributed by atoms with van der Waals surface area (Å²) in [6.07, 6.45) is -4.58. The number of non-ortho nitro benzene ring substituents is 1. The number of nitrogens with zero attached hydrogens (tertiary/aromatic N) is 1. The molecule has 3 aromatic rings. The molecule has 2 amide bonds. The van der Waals surface area contributed by atoms with Gasteiger partial charge in [0.05, 0.1) is 26.4 Å². The maximum Gasteiger partial charge on any atom is 0.416 e. The molecule has 0 heterocycles. The molecular weight excluding hydrogens is 507 g/mol. The van der Waals surface area contributed by atoms with Crippen molar-refractivity contribution in [2.45, 2.75) is 23.2 Å². The van der Waals surface area contributed by atoms with Gasteiger partial charge in [-0.1, -0.05) is 23.7 Å². The minimum Gasteiger partial charge on any atom is -0.324 e. The van der Waals surface area contributed by atoms with Gasteiger partial charge in [-0.25, -0.2) is 0 Å². The highest BCUT2D eigenvalue weighted by Gasteiger charge is 2.31. The number of hydrogen-bond donors (Lipinski definition) is 2. The number of nitro benzene ring substituents is 1. The van der Waals surface area contributed by atoms with E-state index in [1.54, 1.807) is 31.2 Å². The van der Waals surface area contributed by atoms with E-state index in [9.17, 15) is 32.9 Å². The first-order chi connectivity index (χ1) is 16.4. The second-order valence-electron chi connectivity index (χ2n) is 7.23. The van der Waals surface area contributed by atoms with E-state index in [2.05, 4.69) is 10.6 Å². The Morgan fingerprint density at radius 1 is 1.03 bits per heavy atom. The van der Waals surface area contributed by atoms with Crippen molar-refractivity contribution >= 4 is 52.2 Å². The first-order valence-electron chi connectivity index (χ1n) is 9.94. The number of hydrogen-bond acceptors (Lipinski definition) is 5. The maximum absolute atomic E-state index is 13.0. The summed E-state index contributed by atoms with van der Waals surface area (Å²) in [6.45, 7) is 1.57. The number of carbonyl (C=O) groups is 2. The highest BCUT2D eigenvalue weighted by atomic mass is 35.5. The lowest BCUT2D eigenvalue weighted by molar-refractivity contribution is -0.384. The summed E-state index contributed by atoms with van der Waals surface area (Å²) in [5.41, 5.74) is -0.827. The van der Waals surface area contributed by atoms with E-state index in [-0.39, 0.29) is 22.0 Å². The topological polar surface area (TPSA) is 101 Å². The first kappa shape index (κ1) is 26.0. The highest BCUT2D eigenvalue weighted by Crippen LogP contribution is 2.34. The molecule has 7 nitrogen and oxygen atoms in total. The van der Waals surface area contributed by atoms with Gasteiger partial charge in [0.15, 0.2) is 0 Å². The smallest absolute Gasteiger partial charge is 0.324 e. The lowest BCUT2D eigenvalue weighted by Gasteiger charge is -2.15. The summed E-state index contributed by atoms with van der Waals surface area (Å²) in [7, 11) is 0. The normalized spacial score (nSPS) is 12.0. The molecule has 0 saturated carbocycles. The van der Waals surface area contributed by atoms with Crippen LogP contribution in [0.3, 0.4) is 0 Å². The molecule has 0 aliphatic heterocycles. The SMILES string of the molecule is CC(Sc1cccc(NC(=O)c2cccc([N+](=O)[O-])c2)c1)C(=O)Nc1cc(C(F)(F)F)ccc1Cl. The number of alkyl halides is 3. The lowest BCUT2D eigenvalue weighted by Crippen LogP contribution is -2.23. The van der Waals surface area contributed by atoms with E-state index in [1.165, 1.54) is 18.2 Å². The Hall–Kier alpha value is -3.57. The van der Waals surface area contributed by atoms with Crippen LogP contribution in [0, 0.1) is 10.1 Å².